The molecule has 0 fully saturated rings. The van der Waals surface area contributed by atoms with Crippen molar-refractivity contribution in [3.8, 4) is 0 Å². The van der Waals surface area contributed by atoms with E-state index in [4.69, 9.17) is 5.11 Å². The van der Waals surface area contributed by atoms with Crippen molar-refractivity contribution in [2.24, 2.45) is 5.92 Å². The average molecular weight is 314 g/mol. The van der Waals surface area contributed by atoms with E-state index in [-0.39, 0.29) is 18.4 Å². The predicted octanol–water partition coefficient (Wildman–Crippen LogP) is 4.34. The molecule has 22 heavy (non-hydrogen) atoms. The van der Waals surface area contributed by atoms with Gasteiger partial charge in [-0.1, -0.05) is 51.9 Å². The maximum absolute atomic E-state index is 11.1. The third-order valence-electron chi connectivity index (χ3n) is 4.16. The third kappa shape index (κ3) is 14.1. The van der Waals surface area contributed by atoms with E-state index >= 15 is 0 Å². The number of unbranched alkanes of at least 4 members (excludes halogenated alkanes) is 5. The van der Waals surface area contributed by atoms with Crippen LogP contribution in [0.4, 0.5) is 0 Å². The minimum Gasteiger partial charge on any atom is -0.481 e. The number of aliphatic hydroxyl groups excluding tert-OH is 1. The van der Waals surface area contributed by atoms with Crippen molar-refractivity contribution < 1.29 is 19.8 Å². The Labute approximate surface area is 135 Å². The van der Waals surface area contributed by atoms with Crippen molar-refractivity contribution in [2.75, 3.05) is 0 Å². The van der Waals surface area contributed by atoms with Crippen LogP contribution in [-0.2, 0) is 9.59 Å². The predicted molar refractivity (Wildman–Crippen MR) is 88.9 cm³/mol. The Hall–Kier alpha value is -0.900. The van der Waals surface area contributed by atoms with Gasteiger partial charge in [-0.25, -0.2) is 0 Å². The molecule has 0 aromatic carbocycles. The smallest absolute Gasteiger partial charge is 0.303 e. The molecule has 4 heteroatoms. The number of hydrogen-bond acceptors (Lipinski definition) is 3. The monoisotopic (exact) mass is 314 g/mol. The van der Waals surface area contributed by atoms with Gasteiger partial charge in [0.25, 0.3) is 0 Å². The summed E-state index contributed by atoms with van der Waals surface area (Å²) in [7, 11) is 0. The van der Waals surface area contributed by atoms with Gasteiger partial charge >= 0.3 is 5.97 Å². The molecule has 130 valence electrons. The zero-order valence-electron chi connectivity index (χ0n) is 14.1. The molecule has 2 N–H and O–H groups in total. The van der Waals surface area contributed by atoms with Gasteiger partial charge in [-0.2, -0.15) is 0 Å². The van der Waals surface area contributed by atoms with Gasteiger partial charge in [0.05, 0.1) is 6.10 Å². The van der Waals surface area contributed by atoms with Gasteiger partial charge in [0.2, 0.25) is 0 Å². The number of aliphatic carboxylic acids is 1. The number of rotatable bonds is 16. The Morgan fingerprint density at radius 1 is 0.909 bits per heavy atom. The van der Waals surface area contributed by atoms with Crippen LogP contribution in [0.3, 0.4) is 0 Å². The molecular formula is C18H34O4. The van der Waals surface area contributed by atoms with Crippen molar-refractivity contribution in [1.82, 2.24) is 0 Å². The highest BCUT2D eigenvalue weighted by Crippen LogP contribution is 2.17. The van der Waals surface area contributed by atoms with Gasteiger partial charge in [-0.3, -0.25) is 4.79 Å². The fourth-order valence-corrected chi connectivity index (χ4v) is 2.71. The minimum absolute atomic E-state index is 0.0994. The topological polar surface area (TPSA) is 74.6 Å². The summed E-state index contributed by atoms with van der Waals surface area (Å²) < 4.78 is 0. The van der Waals surface area contributed by atoms with E-state index in [0.717, 1.165) is 70.5 Å². The van der Waals surface area contributed by atoms with Crippen LogP contribution in [0.5, 0.6) is 0 Å². The van der Waals surface area contributed by atoms with E-state index in [1.54, 1.807) is 0 Å². The average Bonchev–Trinajstić information content (AvgIpc) is 2.48. The lowest BCUT2D eigenvalue weighted by atomic mass is 9.95. The molecule has 0 aliphatic rings. The van der Waals surface area contributed by atoms with Crippen molar-refractivity contribution in [2.45, 2.75) is 96.5 Å². The second-order valence-corrected chi connectivity index (χ2v) is 6.32. The number of carbonyl (C=O) groups is 2. The van der Waals surface area contributed by atoms with E-state index in [1.807, 2.05) is 0 Å². The number of carboxylic acids is 1. The van der Waals surface area contributed by atoms with Crippen LogP contribution in [0.2, 0.25) is 0 Å². The highest BCUT2D eigenvalue weighted by Gasteiger charge is 2.09. The lowest BCUT2D eigenvalue weighted by Crippen LogP contribution is -2.08. The summed E-state index contributed by atoms with van der Waals surface area (Å²) >= 11 is 0. The number of carbonyl (C=O) groups excluding carboxylic acids is 1. The van der Waals surface area contributed by atoms with E-state index in [2.05, 4.69) is 6.92 Å². The summed E-state index contributed by atoms with van der Waals surface area (Å²) in [5, 5.41) is 18.4. The molecular weight excluding hydrogens is 280 g/mol. The molecule has 0 amide bonds. The SMILES string of the molecule is CCCCCC(O)CCCC(C=O)CCCCCCC(=O)O. The maximum Gasteiger partial charge on any atom is 0.303 e. The Balaban J connectivity index is 3.54. The Kier molecular flexibility index (Phi) is 14.4. The van der Waals surface area contributed by atoms with E-state index in [9.17, 15) is 14.7 Å². The largest absolute Gasteiger partial charge is 0.481 e. The Bertz CT molecular complexity index is 278. The van der Waals surface area contributed by atoms with Crippen LogP contribution in [0.15, 0.2) is 0 Å². The summed E-state index contributed by atoms with van der Waals surface area (Å²) in [6, 6.07) is 0. The molecule has 0 aliphatic heterocycles. The van der Waals surface area contributed by atoms with Crippen LogP contribution in [0, 0.1) is 5.92 Å². The molecule has 4 nitrogen and oxygen atoms in total. The zero-order chi connectivity index (χ0) is 16.6. The van der Waals surface area contributed by atoms with Crippen LogP contribution < -0.4 is 0 Å². The van der Waals surface area contributed by atoms with Crippen molar-refractivity contribution in [3.05, 3.63) is 0 Å². The normalized spacial score (nSPS) is 13.7. The molecule has 0 aromatic rings. The summed E-state index contributed by atoms with van der Waals surface area (Å²) in [6.07, 6.45) is 12.5. The number of aliphatic hydroxyl groups is 1. The molecule has 2 atom stereocenters. The van der Waals surface area contributed by atoms with E-state index < -0.39 is 5.97 Å². The summed E-state index contributed by atoms with van der Waals surface area (Å²) in [5.74, 6) is -0.634. The molecule has 0 saturated heterocycles. The molecule has 0 aliphatic carbocycles. The molecule has 0 spiro atoms. The van der Waals surface area contributed by atoms with Crippen molar-refractivity contribution >= 4 is 12.3 Å². The Morgan fingerprint density at radius 2 is 1.50 bits per heavy atom. The first kappa shape index (κ1) is 21.1. The maximum atomic E-state index is 11.1. The first-order valence-corrected chi connectivity index (χ1v) is 8.95. The molecule has 0 radical (unpaired) electrons. The van der Waals surface area contributed by atoms with Crippen LogP contribution in [-0.4, -0.2) is 28.6 Å². The summed E-state index contributed by atoms with van der Waals surface area (Å²) in [6.45, 7) is 2.16. The van der Waals surface area contributed by atoms with Gasteiger partial charge in [0, 0.05) is 12.3 Å². The molecule has 0 rings (SSSR count). The first-order valence-electron chi connectivity index (χ1n) is 8.95. The zero-order valence-corrected chi connectivity index (χ0v) is 14.1. The summed E-state index contributed by atoms with van der Waals surface area (Å²) in [5.41, 5.74) is 0. The highest BCUT2D eigenvalue weighted by atomic mass is 16.4. The lowest BCUT2D eigenvalue weighted by Gasteiger charge is -2.13. The van der Waals surface area contributed by atoms with Crippen LogP contribution in [0.25, 0.3) is 0 Å². The molecule has 0 saturated carbocycles. The standard InChI is InChI=1S/C18H34O4/c1-2-3-6-12-17(20)13-9-11-16(15-19)10-7-4-5-8-14-18(21)22/h15-17,20H,2-14H2,1H3,(H,21,22). The number of carboxylic acid groups (broad SMARTS) is 1. The second-order valence-electron chi connectivity index (χ2n) is 6.32. The fraction of sp³-hybridized carbons (Fsp3) is 0.889. The Morgan fingerprint density at radius 3 is 2.14 bits per heavy atom. The minimum atomic E-state index is -0.733. The van der Waals surface area contributed by atoms with E-state index in [1.165, 1.54) is 12.8 Å². The summed E-state index contributed by atoms with van der Waals surface area (Å²) in [4.78, 5) is 21.4. The third-order valence-corrected chi connectivity index (χ3v) is 4.16. The van der Waals surface area contributed by atoms with E-state index in [0.29, 0.717) is 0 Å². The van der Waals surface area contributed by atoms with Gasteiger partial charge in [0.1, 0.15) is 6.29 Å². The quantitative estimate of drug-likeness (QED) is 0.328. The van der Waals surface area contributed by atoms with Gasteiger partial charge in [-0.15, -0.1) is 0 Å². The highest BCUT2D eigenvalue weighted by molar-refractivity contribution is 5.66. The van der Waals surface area contributed by atoms with Gasteiger partial charge in [0.15, 0.2) is 0 Å². The van der Waals surface area contributed by atoms with Crippen LogP contribution in [0.1, 0.15) is 90.4 Å². The second kappa shape index (κ2) is 15.0. The van der Waals surface area contributed by atoms with Gasteiger partial charge in [-0.05, 0) is 32.1 Å². The fourth-order valence-electron chi connectivity index (χ4n) is 2.71. The molecule has 0 bridgehead atoms. The van der Waals surface area contributed by atoms with Gasteiger partial charge < -0.3 is 15.0 Å². The molecule has 0 heterocycles. The number of hydrogen-bond donors (Lipinski definition) is 2. The van der Waals surface area contributed by atoms with Crippen molar-refractivity contribution in [1.29, 1.82) is 0 Å². The molecule has 0 aromatic heterocycles. The van der Waals surface area contributed by atoms with Crippen LogP contribution >= 0.6 is 0 Å². The first-order chi connectivity index (χ1) is 10.6. The van der Waals surface area contributed by atoms with Crippen molar-refractivity contribution in [3.63, 3.8) is 0 Å². The lowest BCUT2D eigenvalue weighted by molar-refractivity contribution is -0.137. The number of aldehydes is 1. The molecule has 2 unspecified atom stereocenters.